The summed E-state index contributed by atoms with van der Waals surface area (Å²) in [6.07, 6.45) is 1.62. The van der Waals surface area contributed by atoms with Crippen molar-refractivity contribution in [1.29, 1.82) is 5.26 Å². The fraction of sp³-hybridized carbons (Fsp3) is 0.150. The zero-order chi connectivity index (χ0) is 19.0. The first kappa shape index (κ1) is 16.7. The lowest BCUT2D eigenvalue weighted by Crippen LogP contribution is -2.15. The molecule has 7 nitrogen and oxygen atoms in total. The number of imidazole rings is 2. The van der Waals surface area contributed by atoms with Gasteiger partial charge in [0.2, 0.25) is 0 Å². The second-order valence-corrected chi connectivity index (χ2v) is 6.58. The van der Waals surface area contributed by atoms with E-state index in [0.29, 0.717) is 22.8 Å². The summed E-state index contributed by atoms with van der Waals surface area (Å²) in [5.74, 6) is 0.620. The lowest BCUT2D eigenvalue weighted by Gasteiger charge is -2.13. The number of hydrogen-bond acceptors (Lipinski definition) is 4. The van der Waals surface area contributed by atoms with Gasteiger partial charge < -0.3 is 10.3 Å². The highest BCUT2D eigenvalue weighted by Gasteiger charge is 2.19. The van der Waals surface area contributed by atoms with Crippen LogP contribution >= 0.6 is 0 Å². The Balaban J connectivity index is 1.99. The molecule has 0 bridgehead atoms. The van der Waals surface area contributed by atoms with Crippen LogP contribution in [0.4, 0.5) is 5.82 Å². The summed E-state index contributed by atoms with van der Waals surface area (Å²) in [4.78, 5) is 23.0. The number of hydrogen-bond donors (Lipinski definition) is 3. The van der Waals surface area contributed by atoms with Gasteiger partial charge in [-0.2, -0.15) is 5.26 Å². The fourth-order valence-electron chi connectivity index (χ4n) is 3.15. The predicted molar refractivity (Wildman–Crippen MR) is 105 cm³/mol. The molecule has 0 aliphatic heterocycles. The van der Waals surface area contributed by atoms with Gasteiger partial charge in [-0.25, -0.2) is 9.78 Å². The van der Waals surface area contributed by atoms with E-state index in [0.717, 1.165) is 16.6 Å². The number of benzene rings is 2. The first-order chi connectivity index (χ1) is 13.1. The fourth-order valence-corrected chi connectivity index (χ4v) is 3.15. The summed E-state index contributed by atoms with van der Waals surface area (Å²) in [6.45, 7) is 4.00. The van der Waals surface area contributed by atoms with Crippen LogP contribution in [0.3, 0.4) is 0 Å². The molecule has 0 fully saturated rings. The first-order valence-corrected chi connectivity index (χ1v) is 8.62. The molecular formula is C20H18N6O. The van der Waals surface area contributed by atoms with E-state index in [2.05, 4.69) is 26.3 Å². The molecule has 27 heavy (non-hydrogen) atoms. The number of rotatable bonds is 4. The molecular weight excluding hydrogens is 340 g/mol. The summed E-state index contributed by atoms with van der Waals surface area (Å²) in [5, 5.41) is 12.5. The van der Waals surface area contributed by atoms with E-state index in [4.69, 9.17) is 0 Å². The van der Waals surface area contributed by atoms with Gasteiger partial charge >= 0.3 is 5.69 Å². The molecule has 0 saturated heterocycles. The molecule has 7 heteroatoms. The molecule has 2 aromatic heterocycles. The molecule has 0 aliphatic carbocycles. The quantitative estimate of drug-likeness (QED) is 0.520. The molecule has 3 N–H and O–H groups in total. The van der Waals surface area contributed by atoms with Gasteiger partial charge in [-0.15, -0.1) is 0 Å². The monoisotopic (exact) mass is 358 g/mol. The number of fused-ring (bicyclic) bond motifs is 1. The van der Waals surface area contributed by atoms with Crippen molar-refractivity contribution in [2.24, 2.45) is 0 Å². The van der Waals surface area contributed by atoms with Gasteiger partial charge in [-0.3, -0.25) is 9.55 Å². The van der Waals surface area contributed by atoms with Crippen molar-refractivity contribution in [1.82, 2.24) is 19.5 Å². The van der Waals surface area contributed by atoms with Gasteiger partial charge in [-0.05, 0) is 44.2 Å². The second kappa shape index (κ2) is 6.50. The summed E-state index contributed by atoms with van der Waals surface area (Å²) < 4.78 is 1.61. The Morgan fingerprint density at radius 2 is 2.07 bits per heavy atom. The van der Waals surface area contributed by atoms with Crippen LogP contribution in [-0.4, -0.2) is 25.6 Å². The van der Waals surface area contributed by atoms with Gasteiger partial charge in [0.15, 0.2) is 0 Å². The molecule has 0 aliphatic rings. The van der Waals surface area contributed by atoms with Gasteiger partial charge in [-0.1, -0.05) is 12.1 Å². The maximum absolute atomic E-state index is 12.8. The highest BCUT2D eigenvalue weighted by Crippen LogP contribution is 2.30. The van der Waals surface area contributed by atoms with E-state index in [1.807, 2.05) is 44.2 Å². The zero-order valence-electron chi connectivity index (χ0n) is 14.9. The standard InChI is InChI=1S/C20H18N6O/c1-12(2)24-19-18(14-5-3-4-13(8-14)10-21)26(20(27)25-19)15-6-7-16-17(9-15)23-11-22-16/h3-9,11-12,24H,1-2H3,(H,22,23)(H,25,27). The highest BCUT2D eigenvalue weighted by atomic mass is 16.1. The van der Waals surface area contributed by atoms with E-state index < -0.39 is 0 Å². The third kappa shape index (κ3) is 2.98. The van der Waals surface area contributed by atoms with Crippen LogP contribution in [-0.2, 0) is 0 Å². The molecule has 134 valence electrons. The van der Waals surface area contributed by atoms with E-state index in [-0.39, 0.29) is 11.7 Å². The average Bonchev–Trinajstić information content (AvgIpc) is 3.24. The predicted octanol–water partition coefficient (Wildman–Crippen LogP) is 3.40. The number of H-pyrrole nitrogens is 2. The van der Waals surface area contributed by atoms with Crippen LogP contribution in [0.2, 0.25) is 0 Å². The van der Waals surface area contributed by atoms with Gasteiger partial charge in [0, 0.05) is 11.6 Å². The average molecular weight is 358 g/mol. The van der Waals surface area contributed by atoms with Crippen molar-refractivity contribution < 1.29 is 0 Å². The number of aromatic nitrogens is 4. The van der Waals surface area contributed by atoms with E-state index in [9.17, 15) is 10.1 Å². The van der Waals surface area contributed by atoms with Crippen LogP contribution < -0.4 is 11.0 Å². The summed E-state index contributed by atoms with van der Waals surface area (Å²) in [7, 11) is 0. The Bertz CT molecular complexity index is 1220. The lowest BCUT2D eigenvalue weighted by atomic mass is 10.1. The second-order valence-electron chi connectivity index (χ2n) is 6.58. The van der Waals surface area contributed by atoms with Crippen LogP contribution in [0.5, 0.6) is 0 Å². The summed E-state index contributed by atoms with van der Waals surface area (Å²) in [6, 6.07) is 15.1. The smallest absolute Gasteiger partial charge is 0.332 e. The van der Waals surface area contributed by atoms with E-state index in [1.165, 1.54) is 0 Å². The third-order valence-corrected chi connectivity index (χ3v) is 4.26. The molecule has 4 rings (SSSR count). The molecule has 0 unspecified atom stereocenters. The number of nitrogens with zero attached hydrogens (tertiary/aromatic N) is 3. The van der Waals surface area contributed by atoms with Crippen LogP contribution in [0.1, 0.15) is 19.4 Å². The van der Waals surface area contributed by atoms with Gasteiger partial charge in [0.1, 0.15) is 5.82 Å². The molecule has 0 atom stereocenters. The molecule has 0 radical (unpaired) electrons. The normalized spacial score (nSPS) is 11.0. The molecule has 0 amide bonds. The van der Waals surface area contributed by atoms with E-state index >= 15 is 0 Å². The molecule has 2 aromatic carbocycles. The molecule has 4 aromatic rings. The van der Waals surface area contributed by atoms with Crippen molar-refractivity contribution in [3.8, 4) is 23.0 Å². The topological polar surface area (TPSA) is 102 Å². The Morgan fingerprint density at radius 1 is 1.22 bits per heavy atom. The Kier molecular flexibility index (Phi) is 4.01. The number of nitrogens with one attached hydrogen (secondary N) is 3. The minimum Gasteiger partial charge on any atom is -0.368 e. The highest BCUT2D eigenvalue weighted by molar-refractivity contribution is 5.80. The van der Waals surface area contributed by atoms with Crippen LogP contribution in [0, 0.1) is 11.3 Å². The first-order valence-electron chi connectivity index (χ1n) is 8.62. The van der Waals surface area contributed by atoms with Crippen molar-refractivity contribution in [3.05, 3.63) is 64.8 Å². The SMILES string of the molecule is CC(C)Nc1[nH]c(=O)n(-c2ccc3nc[nH]c3c2)c1-c1cccc(C#N)c1. The number of nitriles is 1. The minimum atomic E-state index is -0.255. The maximum Gasteiger partial charge on any atom is 0.332 e. The molecule has 2 heterocycles. The molecule has 0 spiro atoms. The third-order valence-electron chi connectivity index (χ3n) is 4.26. The van der Waals surface area contributed by atoms with Gasteiger partial charge in [0.25, 0.3) is 0 Å². The van der Waals surface area contributed by atoms with Crippen LogP contribution in [0.15, 0.2) is 53.6 Å². The Hall–Kier alpha value is -3.79. The Morgan fingerprint density at radius 3 is 2.85 bits per heavy atom. The van der Waals surface area contributed by atoms with E-state index in [1.54, 1.807) is 23.0 Å². The van der Waals surface area contributed by atoms with Crippen molar-refractivity contribution in [3.63, 3.8) is 0 Å². The van der Waals surface area contributed by atoms with Gasteiger partial charge in [0.05, 0.1) is 40.4 Å². The largest absolute Gasteiger partial charge is 0.368 e. The number of aromatic amines is 2. The van der Waals surface area contributed by atoms with Crippen molar-refractivity contribution in [2.75, 3.05) is 5.32 Å². The minimum absolute atomic E-state index is 0.129. The maximum atomic E-state index is 12.8. The van der Waals surface area contributed by atoms with Crippen LogP contribution in [0.25, 0.3) is 28.0 Å². The summed E-state index contributed by atoms with van der Waals surface area (Å²) in [5.41, 5.74) is 4.13. The lowest BCUT2D eigenvalue weighted by molar-refractivity contribution is 0.891. The molecule has 0 saturated carbocycles. The zero-order valence-corrected chi connectivity index (χ0v) is 14.9. The van der Waals surface area contributed by atoms with Crippen molar-refractivity contribution in [2.45, 2.75) is 19.9 Å². The number of anilines is 1. The van der Waals surface area contributed by atoms with Crippen molar-refractivity contribution >= 4 is 16.9 Å². The Labute approximate surface area is 155 Å². The summed E-state index contributed by atoms with van der Waals surface area (Å²) >= 11 is 0.